The molecule has 1 aliphatic rings. The molecule has 0 bridgehead atoms. The SMILES string of the molecule is CC(=O)c1ccc(CC2SC(=O)NC2=O)cc1. The van der Waals surface area contributed by atoms with Crippen molar-refractivity contribution in [2.24, 2.45) is 0 Å². The van der Waals surface area contributed by atoms with Gasteiger partial charge in [0, 0.05) is 5.56 Å². The number of benzene rings is 1. The Morgan fingerprint density at radius 1 is 1.29 bits per heavy atom. The minimum absolute atomic E-state index is 0.0136. The van der Waals surface area contributed by atoms with Crippen molar-refractivity contribution >= 4 is 28.7 Å². The molecule has 17 heavy (non-hydrogen) atoms. The van der Waals surface area contributed by atoms with Gasteiger partial charge in [-0.05, 0) is 18.9 Å². The zero-order valence-corrected chi connectivity index (χ0v) is 10.0. The Hall–Kier alpha value is -1.62. The molecule has 2 rings (SSSR count). The minimum atomic E-state index is -0.356. The molecule has 1 saturated heterocycles. The van der Waals surface area contributed by atoms with E-state index in [1.54, 1.807) is 12.1 Å². The molecule has 1 aromatic rings. The predicted octanol–water partition coefficient (Wildman–Crippen LogP) is 1.78. The third-order valence-corrected chi connectivity index (χ3v) is 3.53. The average molecular weight is 249 g/mol. The number of imide groups is 1. The first-order valence-corrected chi connectivity index (χ1v) is 6.05. The molecule has 1 aliphatic heterocycles. The lowest BCUT2D eigenvalue weighted by Gasteiger charge is -2.05. The maximum atomic E-state index is 11.4. The van der Waals surface area contributed by atoms with Crippen LogP contribution in [0.25, 0.3) is 0 Å². The van der Waals surface area contributed by atoms with Crippen molar-refractivity contribution < 1.29 is 14.4 Å². The van der Waals surface area contributed by atoms with Crippen LogP contribution in [0.5, 0.6) is 0 Å². The van der Waals surface area contributed by atoms with Gasteiger partial charge in [-0.25, -0.2) is 0 Å². The van der Waals surface area contributed by atoms with Gasteiger partial charge in [0.05, 0.1) is 5.25 Å². The van der Waals surface area contributed by atoms with E-state index in [-0.39, 0.29) is 22.2 Å². The van der Waals surface area contributed by atoms with E-state index < -0.39 is 0 Å². The zero-order chi connectivity index (χ0) is 12.4. The van der Waals surface area contributed by atoms with Crippen molar-refractivity contribution in [1.29, 1.82) is 0 Å². The van der Waals surface area contributed by atoms with Crippen molar-refractivity contribution in [3.8, 4) is 0 Å². The summed E-state index contributed by atoms with van der Waals surface area (Å²) in [5.41, 5.74) is 1.59. The lowest BCUT2D eigenvalue weighted by molar-refractivity contribution is -0.118. The van der Waals surface area contributed by atoms with Gasteiger partial charge in [0.2, 0.25) is 5.91 Å². The number of hydrogen-bond acceptors (Lipinski definition) is 4. The van der Waals surface area contributed by atoms with Gasteiger partial charge in [0.1, 0.15) is 0 Å². The molecule has 0 aromatic heterocycles. The Morgan fingerprint density at radius 2 is 1.94 bits per heavy atom. The Kier molecular flexibility index (Phi) is 3.28. The van der Waals surface area contributed by atoms with Crippen molar-refractivity contribution in [3.63, 3.8) is 0 Å². The quantitative estimate of drug-likeness (QED) is 0.829. The van der Waals surface area contributed by atoms with Crippen LogP contribution in [0.4, 0.5) is 4.79 Å². The van der Waals surface area contributed by atoms with Gasteiger partial charge in [-0.15, -0.1) is 0 Å². The standard InChI is InChI=1S/C12H11NO3S/c1-7(14)9-4-2-8(3-5-9)6-10-11(15)13-12(16)17-10/h2-5,10H,6H2,1H3,(H,13,15,16). The number of carbonyl (C=O) groups excluding carboxylic acids is 3. The van der Waals surface area contributed by atoms with Crippen LogP contribution < -0.4 is 5.32 Å². The summed E-state index contributed by atoms with van der Waals surface area (Å²) in [5.74, 6) is -0.227. The van der Waals surface area contributed by atoms with Gasteiger partial charge in [0.25, 0.3) is 5.24 Å². The maximum absolute atomic E-state index is 11.4. The summed E-state index contributed by atoms with van der Waals surface area (Å²) in [5, 5.41) is 1.60. The number of nitrogens with one attached hydrogen (secondary N) is 1. The number of hydrogen-bond donors (Lipinski definition) is 1. The highest BCUT2D eigenvalue weighted by Crippen LogP contribution is 2.22. The summed E-state index contributed by atoms with van der Waals surface area (Å²) in [4.78, 5) is 33.4. The topological polar surface area (TPSA) is 63.2 Å². The normalized spacial score (nSPS) is 19.2. The summed E-state index contributed by atoms with van der Waals surface area (Å²) in [6.07, 6.45) is 0.500. The number of thioether (sulfide) groups is 1. The Morgan fingerprint density at radius 3 is 2.41 bits per heavy atom. The molecule has 1 aromatic carbocycles. The highest BCUT2D eigenvalue weighted by Gasteiger charge is 2.31. The summed E-state index contributed by atoms with van der Waals surface area (Å²) in [7, 11) is 0. The van der Waals surface area contributed by atoms with Gasteiger partial charge >= 0.3 is 0 Å². The Labute approximate surface area is 103 Å². The van der Waals surface area contributed by atoms with E-state index >= 15 is 0 Å². The molecule has 1 N–H and O–H groups in total. The van der Waals surface area contributed by atoms with Gasteiger partial charge in [0.15, 0.2) is 5.78 Å². The van der Waals surface area contributed by atoms with Crippen LogP contribution in [0.2, 0.25) is 0 Å². The van der Waals surface area contributed by atoms with Gasteiger partial charge < -0.3 is 0 Å². The molecule has 0 spiro atoms. The number of Topliss-reactive ketones (excluding diaryl/α,β-unsaturated/α-hetero) is 1. The molecule has 1 fully saturated rings. The predicted molar refractivity (Wildman–Crippen MR) is 65.1 cm³/mol. The van der Waals surface area contributed by atoms with Crippen molar-refractivity contribution in [2.75, 3.05) is 0 Å². The van der Waals surface area contributed by atoms with Crippen LogP contribution in [0.15, 0.2) is 24.3 Å². The van der Waals surface area contributed by atoms with Crippen LogP contribution in [-0.2, 0) is 11.2 Å². The van der Waals surface area contributed by atoms with E-state index in [2.05, 4.69) is 5.32 Å². The second-order valence-electron chi connectivity index (χ2n) is 3.84. The van der Waals surface area contributed by atoms with Gasteiger partial charge in [-0.3, -0.25) is 19.7 Å². The van der Waals surface area contributed by atoms with Crippen LogP contribution in [-0.4, -0.2) is 22.2 Å². The van der Waals surface area contributed by atoms with Crippen LogP contribution >= 0.6 is 11.8 Å². The van der Waals surface area contributed by atoms with Gasteiger partial charge in [-0.2, -0.15) is 0 Å². The van der Waals surface area contributed by atoms with Crippen molar-refractivity contribution in [1.82, 2.24) is 5.32 Å². The fourth-order valence-corrected chi connectivity index (χ4v) is 2.48. The fourth-order valence-electron chi connectivity index (χ4n) is 1.62. The Balaban J connectivity index is 2.07. The third kappa shape index (κ3) is 2.74. The first kappa shape index (κ1) is 11.9. The summed E-state index contributed by atoms with van der Waals surface area (Å²) in [6.45, 7) is 1.51. The largest absolute Gasteiger partial charge is 0.295 e. The lowest BCUT2D eigenvalue weighted by Crippen LogP contribution is -2.25. The number of rotatable bonds is 3. The molecule has 0 aliphatic carbocycles. The number of carbonyl (C=O) groups is 3. The highest BCUT2D eigenvalue weighted by atomic mass is 32.2. The number of amides is 2. The molecule has 0 radical (unpaired) electrons. The monoisotopic (exact) mass is 249 g/mol. The van der Waals surface area contributed by atoms with Crippen LogP contribution in [0.3, 0.4) is 0 Å². The zero-order valence-electron chi connectivity index (χ0n) is 9.23. The van der Waals surface area contributed by atoms with Gasteiger partial charge in [-0.1, -0.05) is 36.0 Å². The molecular weight excluding hydrogens is 238 g/mol. The molecule has 1 heterocycles. The molecule has 1 unspecified atom stereocenters. The third-order valence-electron chi connectivity index (χ3n) is 2.55. The highest BCUT2D eigenvalue weighted by molar-refractivity contribution is 8.15. The lowest BCUT2D eigenvalue weighted by atomic mass is 10.1. The van der Waals surface area contributed by atoms with E-state index in [1.807, 2.05) is 12.1 Å². The minimum Gasteiger partial charge on any atom is -0.295 e. The molecule has 88 valence electrons. The Bertz CT molecular complexity index is 481. The van der Waals surface area contributed by atoms with E-state index in [1.165, 1.54) is 6.92 Å². The maximum Gasteiger partial charge on any atom is 0.286 e. The van der Waals surface area contributed by atoms with E-state index in [0.29, 0.717) is 12.0 Å². The second kappa shape index (κ2) is 4.71. The number of ketones is 1. The fraction of sp³-hybridized carbons (Fsp3) is 0.250. The average Bonchev–Trinajstić information content (AvgIpc) is 2.58. The first-order chi connectivity index (χ1) is 8.06. The van der Waals surface area contributed by atoms with E-state index in [4.69, 9.17) is 0 Å². The van der Waals surface area contributed by atoms with Crippen LogP contribution in [0.1, 0.15) is 22.8 Å². The summed E-state index contributed by atoms with van der Waals surface area (Å²) in [6, 6.07) is 7.09. The molecule has 2 amide bonds. The smallest absolute Gasteiger partial charge is 0.286 e. The molecule has 1 atom stereocenters. The first-order valence-electron chi connectivity index (χ1n) is 5.17. The molecule has 4 nitrogen and oxygen atoms in total. The van der Waals surface area contributed by atoms with E-state index in [0.717, 1.165) is 17.3 Å². The summed E-state index contributed by atoms with van der Waals surface area (Å²) >= 11 is 1.01. The molecule has 5 heteroatoms. The second-order valence-corrected chi connectivity index (χ2v) is 5.02. The van der Waals surface area contributed by atoms with Crippen LogP contribution in [0, 0.1) is 0 Å². The molecular formula is C12H11NO3S. The summed E-state index contributed by atoms with van der Waals surface area (Å²) < 4.78 is 0. The van der Waals surface area contributed by atoms with Crippen molar-refractivity contribution in [3.05, 3.63) is 35.4 Å². The molecule has 0 saturated carbocycles. The van der Waals surface area contributed by atoms with Crippen molar-refractivity contribution in [2.45, 2.75) is 18.6 Å². The van der Waals surface area contributed by atoms with E-state index in [9.17, 15) is 14.4 Å².